The van der Waals surface area contributed by atoms with Gasteiger partial charge in [-0.25, -0.2) is 0 Å². The van der Waals surface area contributed by atoms with Crippen molar-refractivity contribution in [3.63, 3.8) is 0 Å². The minimum atomic E-state index is -0.128. The topological polar surface area (TPSA) is 56.7 Å². The lowest BCUT2D eigenvalue weighted by atomic mass is 10.3. The molecule has 10 heavy (non-hydrogen) atoms. The van der Waals surface area contributed by atoms with Crippen LogP contribution in [0.2, 0.25) is 0 Å². The first-order valence-electron chi connectivity index (χ1n) is 3.79. The van der Waals surface area contributed by atoms with Gasteiger partial charge in [-0.1, -0.05) is 13.3 Å². The van der Waals surface area contributed by atoms with Gasteiger partial charge in [0.25, 0.3) is 5.91 Å². The maximum Gasteiger partial charge on any atom is 0.277 e. The average Bonchev–Trinajstić information content (AvgIpc) is 1.88. The van der Waals surface area contributed by atoms with Gasteiger partial charge < -0.3 is 11.1 Å². The fraction of sp³-hybridized carbons (Fsp3) is 0.857. The van der Waals surface area contributed by atoms with Crippen LogP contribution in [0.4, 0.5) is 0 Å². The second-order valence-corrected chi connectivity index (χ2v) is 2.55. The Kier molecular flexibility index (Phi) is 4.94. The molecule has 0 fully saturated rings. The number of hydrogen-bond acceptors (Lipinski definition) is 1. The zero-order valence-electron chi connectivity index (χ0n) is 6.81. The first kappa shape index (κ1) is 9.43. The van der Waals surface area contributed by atoms with Crippen LogP contribution >= 0.6 is 0 Å². The molecule has 1 atom stereocenters. The van der Waals surface area contributed by atoms with Gasteiger partial charge in [0, 0.05) is 6.54 Å². The molecule has 1 unspecified atom stereocenters. The molecule has 0 aliphatic rings. The van der Waals surface area contributed by atoms with Gasteiger partial charge in [0.1, 0.15) is 0 Å². The van der Waals surface area contributed by atoms with E-state index in [4.69, 9.17) is 0 Å². The Morgan fingerprint density at radius 2 is 2.30 bits per heavy atom. The van der Waals surface area contributed by atoms with Crippen LogP contribution in [-0.2, 0) is 4.79 Å². The van der Waals surface area contributed by atoms with Crippen LogP contribution in [0.15, 0.2) is 0 Å². The van der Waals surface area contributed by atoms with Crippen molar-refractivity contribution in [1.82, 2.24) is 5.32 Å². The van der Waals surface area contributed by atoms with Gasteiger partial charge in [-0.2, -0.15) is 0 Å². The van der Waals surface area contributed by atoms with Crippen LogP contribution in [0.1, 0.15) is 26.7 Å². The molecule has 0 bridgehead atoms. The molecule has 3 heteroatoms. The van der Waals surface area contributed by atoms with Gasteiger partial charge in [0.05, 0.1) is 0 Å². The number of quaternary nitrogens is 1. The van der Waals surface area contributed by atoms with E-state index in [2.05, 4.69) is 18.0 Å². The summed E-state index contributed by atoms with van der Waals surface area (Å²) in [5.74, 6) is 0.0495. The Labute approximate surface area is 62.0 Å². The van der Waals surface area contributed by atoms with E-state index >= 15 is 0 Å². The summed E-state index contributed by atoms with van der Waals surface area (Å²) >= 11 is 0. The minimum absolute atomic E-state index is 0.0495. The first-order valence-corrected chi connectivity index (χ1v) is 3.79. The molecule has 3 nitrogen and oxygen atoms in total. The third-order valence-electron chi connectivity index (χ3n) is 1.28. The van der Waals surface area contributed by atoms with Gasteiger partial charge in [-0.05, 0) is 13.3 Å². The van der Waals surface area contributed by atoms with Crippen LogP contribution in [-0.4, -0.2) is 18.5 Å². The largest absolute Gasteiger partial charge is 0.351 e. The first-order chi connectivity index (χ1) is 4.68. The SMILES string of the molecule is CCCCNC(=O)C(C)[NH3+]. The molecule has 1 amide bonds. The number of unbranched alkanes of at least 4 members (excludes halogenated alkanes) is 1. The van der Waals surface area contributed by atoms with Crippen molar-refractivity contribution in [3.05, 3.63) is 0 Å². The van der Waals surface area contributed by atoms with Crippen molar-refractivity contribution in [2.24, 2.45) is 0 Å². The second-order valence-electron chi connectivity index (χ2n) is 2.55. The molecule has 0 spiro atoms. The Morgan fingerprint density at radius 3 is 2.70 bits per heavy atom. The van der Waals surface area contributed by atoms with Gasteiger partial charge in [-0.3, -0.25) is 4.79 Å². The third-order valence-corrected chi connectivity index (χ3v) is 1.28. The summed E-state index contributed by atoms with van der Waals surface area (Å²) in [7, 11) is 0. The number of rotatable bonds is 4. The Morgan fingerprint density at radius 1 is 1.70 bits per heavy atom. The lowest BCUT2D eigenvalue weighted by Gasteiger charge is -2.03. The summed E-state index contributed by atoms with van der Waals surface area (Å²) < 4.78 is 0. The molecule has 0 aliphatic carbocycles. The molecule has 0 saturated carbocycles. The fourth-order valence-electron chi connectivity index (χ4n) is 0.563. The van der Waals surface area contributed by atoms with Crippen LogP contribution in [0.25, 0.3) is 0 Å². The molecule has 4 N–H and O–H groups in total. The number of carbonyl (C=O) groups is 1. The van der Waals surface area contributed by atoms with Crippen molar-refractivity contribution in [2.45, 2.75) is 32.7 Å². The monoisotopic (exact) mass is 145 g/mol. The highest BCUT2D eigenvalue weighted by Gasteiger charge is 2.07. The second kappa shape index (κ2) is 5.23. The molecule has 0 aromatic carbocycles. The van der Waals surface area contributed by atoms with E-state index in [0.29, 0.717) is 0 Å². The fourth-order valence-corrected chi connectivity index (χ4v) is 0.563. The number of carbonyl (C=O) groups excluding carboxylic acids is 1. The number of hydrogen-bond donors (Lipinski definition) is 2. The minimum Gasteiger partial charge on any atom is -0.351 e. The molecular formula is C7H17N2O+. The molecule has 0 radical (unpaired) electrons. The van der Waals surface area contributed by atoms with Crippen LogP contribution in [0.5, 0.6) is 0 Å². The van der Waals surface area contributed by atoms with Gasteiger partial charge in [-0.15, -0.1) is 0 Å². The Balaban J connectivity index is 3.22. The van der Waals surface area contributed by atoms with Crippen LogP contribution in [0, 0.1) is 0 Å². The van der Waals surface area contributed by atoms with E-state index in [-0.39, 0.29) is 11.9 Å². The highest BCUT2D eigenvalue weighted by Crippen LogP contribution is 1.82. The highest BCUT2D eigenvalue weighted by molar-refractivity contribution is 5.79. The molecular weight excluding hydrogens is 128 g/mol. The molecule has 0 heterocycles. The van der Waals surface area contributed by atoms with Crippen molar-refractivity contribution < 1.29 is 10.5 Å². The van der Waals surface area contributed by atoms with E-state index in [1.165, 1.54) is 0 Å². The molecule has 60 valence electrons. The van der Waals surface area contributed by atoms with Crippen molar-refractivity contribution >= 4 is 5.91 Å². The van der Waals surface area contributed by atoms with Gasteiger partial charge in [0.15, 0.2) is 6.04 Å². The Bertz CT molecular complexity index is 102. The summed E-state index contributed by atoms with van der Waals surface area (Å²) in [6.45, 7) is 4.68. The van der Waals surface area contributed by atoms with E-state index in [1.54, 1.807) is 6.92 Å². The molecule has 0 aromatic heterocycles. The average molecular weight is 145 g/mol. The maximum atomic E-state index is 10.8. The predicted octanol–water partition coefficient (Wildman–Crippen LogP) is -0.467. The van der Waals surface area contributed by atoms with Gasteiger partial charge >= 0.3 is 0 Å². The molecule has 0 rings (SSSR count). The van der Waals surface area contributed by atoms with Crippen molar-refractivity contribution in [2.75, 3.05) is 6.54 Å². The van der Waals surface area contributed by atoms with E-state index < -0.39 is 0 Å². The summed E-state index contributed by atoms with van der Waals surface area (Å²) in [6.07, 6.45) is 2.17. The van der Waals surface area contributed by atoms with E-state index in [1.807, 2.05) is 0 Å². The zero-order valence-corrected chi connectivity index (χ0v) is 6.81. The maximum absolute atomic E-state index is 10.8. The lowest BCUT2D eigenvalue weighted by molar-refractivity contribution is -0.398. The molecule has 0 aliphatic heterocycles. The zero-order chi connectivity index (χ0) is 7.98. The summed E-state index contributed by atoms with van der Waals surface area (Å²) in [5, 5.41) is 2.78. The summed E-state index contributed by atoms with van der Waals surface area (Å²) in [6, 6.07) is -0.128. The van der Waals surface area contributed by atoms with Crippen molar-refractivity contribution in [1.29, 1.82) is 0 Å². The highest BCUT2D eigenvalue weighted by atomic mass is 16.2. The summed E-state index contributed by atoms with van der Waals surface area (Å²) in [5.41, 5.74) is 3.61. The predicted molar refractivity (Wildman–Crippen MR) is 40.3 cm³/mol. The normalized spacial score (nSPS) is 12.7. The molecule has 0 aromatic rings. The standard InChI is InChI=1S/C7H16N2O/c1-3-4-5-9-7(10)6(2)8/h6H,3-5,8H2,1-2H3,(H,9,10)/p+1. The summed E-state index contributed by atoms with van der Waals surface area (Å²) in [4.78, 5) is 10.8. The lowest BCUT2D eigenvalue weighted by Crippen LogP contribution is -2.65. The van der Waals surface area contributed by atoms with Gasteiger partial charge in [0.2, 0.25) is 0 Å². The number of nitrogens with one attached hydrogen (secondary N) is 1. The van der Waals surface area contributed by atoms with E-state index in [0.717, 1.165) is 19.4 Å². The quantitative estimate of drug-likeness (QED) is 0.516. The number of amides is 1. The smallest absolute Gasteiger partial charge is 0.277 e. The molecule has 0 saturated heterocycles. The van der Waals surface area contributed by atoms with Crippen LogP contribution < -0.4 is 11.1 Å². The van der Waals surface area contributed by atoms with E-state index in [9.17, 15) is 4.79 Å². The van der Waals surface area contributed by atoms with Crippen LogP contribution in [0.3, 0.4) is 0 Å². The van der Waals surface area contributed by atoms with Crippen molar-refractivity contribution in [3.8, 4) is 0 Å². The third kappa shape index (κ3) is 4.32. The Hall–Kier alpha value is -0.570.